The molecule has 1 atom stereocenters. The quantitative estimate of drug-likeness (QED) is 0.598. The predicted octanol–water partition coefficient (Wildman–Crippen LogP) is 3.18. The largest absolute Gasteiger partial charge is 0.459 e. The Bertz CT molecular complexity index is 845. The molecule has 1 unspecified atom stereocenters. The maximum absolute atomic E-state index is 12.6. The van der Waals surface area contributed by atoms with Crippen molar-refractivity contribution >= 4 is 34.2 Å². The lowest BCUT2D eigenvalue weighted by Crippen LogP contribution is -2.40. The Balaban J connectivity index is 1.93. The molecular formula is C21H30N4O4S. The number of rotatable bonds is 10. The van der Waals surface area contributed by atoms with Gasteiger partial charge in [-0.05, 0) is 30.9 Å². The first kappa shape index (κ1) is 23.6. The number of hydrogen-bond acceptors (Lipinski definition) is 6. The van der Waals surface area contributed by atoms with Gasteiger partial charge in [0.15, 0.2) is 10.9 Å². The highest BCUT2D eigenvalue weighted by molar-refractivity contribution is 7.13. The van der Waals surface area contributed by atoms with Crippen molar-refractivity contribution < 1.29 is 18.8 Å². The Hall–Kier alpha value is -2.68. The molecule has 0 bridgehead atoms. The summed E-state index contributed by atoms with van der Waals surface area (Å²) >= 11 is 1.25. The molecule has 2 N–H and O–H groups in total. The van der Waals surface area contributed by atoms with Gasteiger partial charge in [-0.15, -0.1) is 11.3 Å². The van der Waals surface area contributed by atoms with Crippen LogP contribution >= 0.6 is 11.3 Å². The molecule has 0 aliphatic rings. The smallest absolute Gasteiger partial charge is 0.290 e. The molecule has 0 radical (unpaired) electrons. The number of anilines is 1. The van der Waals surface area contributed by atoms with Crippen molar-refractivity contribution in [2.45, 2.75) is 47.1 Å². The van der Waals surface area contributed by atoms with Gasteiger partial charge in [0, 0.05) is 18.0 Å². The maximum atomic E-state index is 12.6. The minimum Gasteiger partial charge on any atom is -0.459 e. The van der Waals surface area contributed by atoms with E-state index in [0.29, 0.717) is 23.3 Å². The zero-order valence-electron chi connectivity index (χ0n) is 18.1. The van der Waals surface area contributed by atoms with E-state index in [4.69, 9.17) is 4.42 Å². The topological polar surface area (TPSA) is 105 Å². The lowest BCUT2D eigenvalue weighted by molar-refractivity contribution is -0.121. The highest BCUT2D eigenvalue weighted by Gasteiger charge is 2.22. The summed E-state index contributed by atoms with van der Waals surface area (Å²) in [5.41, 5.74) is 0.592. The SMILES string of the molecule is CC(C)CN(CC(=O)Nc1nc(CC(=O)NC(C)C(C)C)cs1)C(=O)c1ccco1. The summed E-state index contributed by atoms with van der Waals surface area (Å²) in [4.78, 5) is 42.9. The number of amides is 3. The predicted molar refractivity (Wildman–Crippen MR) is 116 cm³/mol. The first-order chi connectivity index (χ1) is 14.2. The van der Waals surface area contributed by atoms with Crippen molar-refractivity contribution in [1.82, 2.24) is 15.2 Å². The van der Waals surface area contributed by atoms with Crippen LogP contribution in [-0.2, 0) is 16.0 Å². The maximum Gasteiger partial charge on any atom is 0.290 e. The Morgan fingerprint density at radius 2 is 1.90 bits per heavy atom. The van der Waals surface area contributed by atoms with Crippen molar-refractivity contribution in [3.63, 3.8) is 0 Å². The number of carbonyl (C=O) groups is 3. The molecule has 0 saturated carbocycles. The fraction of sp³-hybridized carbons (Fsp3) is 0.524. The molecule has 2 aromatic heterocycles. The molecule has 0 aromatic carbocycles. The van der Waals surface area contributed by atoms with Gasteiger partial charge >= 0.3 is 0 Å². The average molecular weight is 435 g/mol. The second-order valence-corrected chi connectivity index (χ2v) is 8.88. The van der Waals surface area contributed by atoms with Crippen LogP contribution < -0.4 is 10.6 Å². The van der Waals surface area contributed by atoms with Gasteiger partial charge in [-0.3, -0.25) is 14.4 Å². The van der Waals surface area contributed by atoms with Crippen LogP contribution in [-0.4, -0.2) is 46.7 Å². The van der Waals surface area contributed by atoms with Crippen molar-refractivity contribution in [2.75, 3.05) is 18.4 Å². The summed E-state index contributed by atoms with van der Waals surface area (Å²) < 4.78 is 5.17. The third kappa shape index (κ3) is 7.29. The standard InChI is InChI=1S/C21H30N4O4S/c1-13(2)10-25(20(28)17-7-6-8-29-17)11-19(27)24-21-23-16(12-30-21)9-18(26)22-15(5)14(3)4/h6-8,12-15H,9-11H2,1-5H3,(H,22,26)(H,23,24,27). The molecule has 0 spiro atoms. The second-order valence-electron chi connectivity index (χ2n) is 8.03. The summed E-state index contributed by atoms with van der Waals surface area (Å²) in [5, 5.41) is 7.79. The molecule has 0 aliphatic carbocycles. The minimum atomic E-state index is -0.352. The first-order valence-corrected chi connectivity index (χ1v) is 10.9. The van der Waals surface area contributed by atoms with E-state index >= 15 is 0 Å². The summed E-state index contributed by atoms with van der Waals surface area (Å²) in [6.45, 7) is 10.3. The minimum absolute atomic E-state index is 0.0777. The molecule has 9 heteroatoms. The molecule has 0 saturated heterocycles. The summed E-state index contributed by atoms with van der Waals surface area (Å²) in [7, 11) is 0. The van der Waals surface area contributed by atoms with Crippen molar-refractivity contribution in [2.24, 2.45) is 11.8 Å². The van der Waals surface area contributed by atoms with E-state index in [-0.39, 0.29) is 48.4 Å². The summed E-state index contributed by atoms with van der Waals surface area (Å²) in [6, 6.07) is 3.29. The molecule has 3 amide bonds. The molecule has 8 nitrogen and oxygen atoms in total. The van der Waals surface area contributed by atoms with Crippen LogP contribution in [0.3, 0.4) is 0 Å². The zero-order chi connectivity index (χ0) is 22.3. The zero-order valence-corrected chi connectivity index (χ0v) is 18.9. The molecule has 2 aromatic rings. The number of hydrogen-bond donors (Lipinski definition) is 2. The third-order valence-electron chi connectivity index (χ3n) is 4.47. The van der Waals surface area contributed by atoms with E-state index < -0.39 is 0 Å². The van der Waals surface area contributed by atoms with Gasteiger partial charge in [0.1, 0.15) is 6.54 Å². The van der Waals surface area contributed by atoms with E-state index in [2.05, 4.69) is 15.6 Å². The van der Waals surface area contributed by atoms with Crippen LogP contribution in [0.25, 0.3) is 0 Å². The lowest BCUT2D eigenvalue weighted by atomic mass is 10.1. The number of thiazole rings is 1. The van der Waals surface area contributed by atoms with Crippen LogP contribution in [0.5, 0.6) is 0 Å². The molecular weight excluding hydrogens is 404 g/mol. The van der Waals surface area contributed by atoms with E-state index in [0.717, 1.165) is 0 Å². The highest BCUT2D eigenvalue weighted by Crippen LogP contribution is 2.16. The van der Waals surface area contributed by atoms with E-state index in [1.165, 1.54) is 22.5 Å². The first-order valence-electron chi connectivity index (χ1n) is 10.0. The number of aromatic nitrogens is 1. The van der Waals surface area contributed by atoms with E-state index in [9.17, 15) is 14.4 Å². The van der Waals surface area contributed by atoms with Crippen LogP contribution in [0, 0.1) is 11.8 Å². The fourth-order valence-electron chi connectivity index (χ4n) is 2.63. The Labute approximate surface area is 181 Å². The van der Waals surface area contributed by atoms with Gasteiger partial charge in [0.05, 0.1) is 18.4 Å². The number of nitrogens with zero attached hydrogens (tertiary/aromatic N) is 2. The van der Waals surface area contributed by atoms with Crippen LogP contribution in [0.15, 0.2) is 28.2 Å². The van der Waals surface area contributed by atoms with Crippen molar-refractivity contribution in [3.05, 3.63) is 35.2 Å². The number of nitrogens with one attached hydrogen (secondary N) is 2. The van der Waals surface area contributed by atoms with Crippen LogP contribution in [0.1, 0.15) is 50.9 Å². The normalized spacial score (nSPS) is 12.1. The van der Waals surface area contributed by atoms with Gasteiger partial charge in [0.25, 0.3) is 5.91 Å². The molecule has 2 heterocycles. The fourth-order valence-corrected chi connectivity index (χ4v) is 3.36. The van der Waals surface area contributed by atoms with Crippen LogP contribution in [0.4, 0.5) is 5.13 Å². The number of carbonyl (C=O) groups excluding carboxylic acids is 3. The van der Waals surface area contributed by atoms with Crippen molar-refractivity contribution in [3.8, 4) is 0 Å². The molecule has 30 heavy (non-hydrogen) atoms. The molecule has 0 aliphatic heterocycles. The highest BCUT2D eigenvalue weighted by atomic mass is 32.1. The Morgan fingerprint density at radius 1 is 1.17 bits per heavy atom. The third-order valence-corrected chi connectivity index (χ3v) is 5.27. The second kappa shape index (κ2) is 10.9. The van der Waals surface area contributed by atoms with E-state index in [1.54, 1.807) is 17.5 Å². The molecule has 0 fully saturated rings. The van der Waals surface area contributed by atoms with E-state index in [1.807, 2.05) is 34.6 Å². The Kier molecular flexibility index (Phi) is 8.58. The Morgan fingerprint density at radius 3 is 2.50 bits per heavy atom. The van der Waals surface area contributed by atoms with Crippen molar-refractivity contribution in [1.29, 1.82) is 0 Å². The van der Waals surface area contributed by atoms with Gasteiger partial charge < -0.3 is 20.0 Å². The summed E-state index contributed by atoms with van der Waals surface area (Å²) in [5.74, 6) is -0.0612. The lowest BCUT2D eigenvalue weighted by Gasteiger charge is -2.22. The van der Waals surface area contributed by atoms with Gasteiger partial charge in [0.2, 0.25) is 11.8 Å². The van der Waals surface area contributed by atoms with Gasteiger partial charge in [-0.2, -0.15) is 0 Å². The average Bonchev–Trinajstić information content (AvgIpc) is 3.32. The molecule has 2 rings (SSSR count). The summed E-state index contributed by atoms with van der Waals surface area (Å²) in [6.07, 6.45) is 1.58. The van der Waals surface area contributed by atoms with Gasteiger partial charge in [-0.1, -0.05) is 27.7 Å². The van der Waals surface area contributed by atoms with Gasteiger partial charge in [-0.25, -0.2) is 4.98 Å². The number of furan rings is 1. The molecule has 164 valence electrons. The van der Waals surface area contributed by atoms with Crippen LogP contribution in [0.2, 0.25) is 0 Å². The monoisotopic (exact) mass is 434 g/mol.